The number of carboxylic acid groups (broad SMARTS) is 1. The largest absolute Gasteiger partial charge is 0.493 e. The zero-order chi connectivity index (χ0) is 28.5. The first-order valence-electron chi connectivity index (χ1n) is 14.9. The monoisotopic (exact) mass is 574 g/mol. The maximum Gasteiger partial charge on any atom is 0.329 e. The van der Waals surface area contributed by atoms with Gasteiger partial charge in [0.15, 0.2) is 0 Å². The Kier molecular flexibility index (Phi) is 7.97. The fourth-order valence-corrected chi connectivity index (χ4v) is 8.00. The number of aromatic nitrogens is 1. The summed E-state index contributed by atoms with van der Waals surface area (Å²) in [5.74, 6) is 0.793. The third-order valence-corrected chi connectivity index (χ3v) is 10.1. The van der Waals surface area contributed by atoms with Gasteiger partial charge in [0.1, 0.15) is 11.3 Å². The number of pyridine rings is 1. The Hall–Kier alpha value is -3.09. The summed E-state index contributed by atoms with van der Waals surface area (Å²) < 4.78 is 12.1. The maximum absolute atomic E-state index is 12.7. The minimum Gasteiger partial charge on any atom is -0.493 e. The molecule has 0 amide bonds. The SMILES string of the molecule is COCC(COc1ccnc2c1CCC2)CC1Cc2ccccc2C12CCC(Nc1cccc(Cl)c1)(C(=O)O)CC2. The number of halogens is 1. The zero-order valence-corrected chi connectivity index (χ0v) is 24.5. The first-order valence-corrected chi connectivity index (χ1v) is 15.2. The molecule has 1 aromatic heterocycles. The van der Waals surface area contributed by atoms with Crippen LogP contribution >= 0.6 is 11.6 Å². The number of hydrogen-bond acceptors (Lipinski definition) is 5. The molecule has 41 heavy (non-hydrogen) atoms. The maximum atomic E-state index is 12.7. The van der Waals surface area contributed by atoms with Crippen molar-refractivity contribution in [2.75, 3.05) is 25.6 Å². The van der Waals surface area contributed by atoms with Crippen molar-refractivity contribution in [3.05, 3.63) is 88.2 Å². The van der Waals surface area contributed by atoms with Crippen LogP contribution in [0, 0.1) is 11.8 Å². The van der Waals surface area contributed by atoms with Crippen molar-refractivity contribution in [1.82, 2.24) is 4.98 Å². The molecule has 1 heterocycles. The van der Waals surface area contributed by atoms with Crippen LogP contribution in [-0.2, 0) is 34.2 Å². The Morgan fingerprint density at radius 3 is 2.71 bits per heavy atom. The molecule has 0 radical (unpaired) electrons. The van der Waals surface area contributed by atoms with Crippen molar-refractivity contribution in [2.24, 2.45) is 11.8 Å². The van der Waals surface area contributed by atoms with Gasteiger partial charge in [0, 0.05) is 41.2 Å². The highest BCUT2D eigenvalue weighted by molar-refractivity contribution is 6.30. The van der Waals surface area contributed by atoms with Crippen LogP contribution in [0.4, 0.5) is 5.69 Å². The predicted molar refractivity (Wildman–Crippen MR) is 161 cm³/mol. The minimum atomic E-state index is -1.02. The van der Waals surface area contributed by atoms with E-state index in [1.54, 1.807) is 19.2 Å². The number of hydrogen-bond donors (Lipinski definition) is 2. The molecule has 0 bridgehead atoms. The number of nitrogens with one attached hydrogen (secondary N) is 1. The number of ether oxygens (including phenoxy) is 2. The molecule has 6 nitrogen and oxygen atoms in total. The molecule has 2 N–H and O–H groups in total. The molecular formula is C34H39ClN2O4. The summed E-state index contributed by atoms with van der Waals surface area (Å²) in [6, 6.07) is 18.1. The number of aliphatic carboxylic acids is 1. The van der Waals surface area contributed by atoms with E-state index < -0.39 is 11.5 Å². The van der Waals surface area contributed by atoms with Gasteiger partial charge >= 0.3 is 5.97 Å². The van der Waals surface area contributed by atoms with Crippen molar-refractivity contribution in [3.63, 3.8) is 0 Å². The van der Waals surface area contributed by atoms with Crippen molar-refractivity contribution >= 4 is 23.3 Å². The van der Waals surface area contributed by atoms with Gasteiger partial charge in [-0.2, -0.15) is 0 Å². The molecule has 0 aliphatic heterocycles. The Morgan fingerprint density at radius 2 is 1.93 bits per heavy atom. The van der Waals surface area contributed by atoms with Crippen molar-refractivity contribution in [3.8, 4) is 5.75 Å². The lowest BCUT2D eigenvalue weighted by atomic mass is 9.59. The third kappa shape index (κ3) is 5.44. The number of rotatable bonds is 10. The molecule has 216 valence electrons. The van der Waals surface area contributed by atoms with Crippen LogP contribution in [0.3, 0.4) is 0 Å². The van der Waals surface area contributed by atoms with E-state index >= 15 is 0 Å². The predicted octanol–water partition coefficient (Wildman–Crippen LogP) is 6.88. The van der Waals surface area contributed by atoms with Crippen LogP contribution in [0.1, 0.15) is 60.9 Å². The van der Waals surface area contributed by atoms with Gasteiger partial charge in [-0.1, -0.05) is 41.9 Å². The summed E-state index contributed by atoms with van der Waals surface area (Å²) >= 11 is 6.22. The summed E-state index contributed by atoms with van der Waals surface area (Å²) in [6.45, 7) is 1.23. The number of methoxy groups -OCH3 is 1. The van der Waals surface area contributed by atoms with E-state index in [4.69, 9.17) is 21.1 Å². The Labute approximate surface area is 247 Å². The van der Waals surface area contributed by atoms with Gasteiger partial charge < -0.3 is 19.9 Å². The molecule has 0 saturated heterocycles. The average molecular weight is 575 g/mol. The molecule has 1 fully saturated rings. The highest BCUT2D eigenvalue weighted by Crippen LogP contribution is 2.56. The van der Waals surface area contributed by atoms with Gasteiger partial charge in [0.25, 0.3) is 0 Å². The van der Waals surface area contributed by atoms with Crippen LogP contribution in [0.5, 0.6) is 5.75 Å². The summed E-state index contributed by atoms with van der Waals surface area (Å²) in [5, 5.41) is 14.4. The molecule has 7 heteroatoms. The lowest BCUT2D eigenvalue weighted by Crippen LogP contribution is -2.53. The smallest absolute Gasteiger partial charge is 0.329 e. The standard InChI is InChI=1S/C34H39ClN2O4/c1-40-21-23(22-41-31-12-17-36-30-11-5-9-28(30)31)18-25-19-24-6-2-3-10-29(24)33(25)13-15-34(16-14-33,32(38)39)37-27-8-4-7-26(35)20-27/h2-4,6-8,10,12,17,20,23,25,37H,5,9,11,13-16,18-19,21-22H2,1H3,(H,38,39). The second-order valence-corrected chi connectivity index (χ2v) is 12.6. The highest BCUT2D eigenvalue weighted by atomic mass is 35.5. The zero-order valence-electron chi connectivity index (χ0n) is 23.7. The summed E-state index contributed by atoms with van der Waals surface area (Å²) in [4.78, 5) is 17.3. The van der Waals surface area contributed by atoms with Gasteiger partial charge in [-0.05, 0) is 105 Å². The van der Waals surface area contributed by atoms with Crippen LogP contribution < -0.4 is 10.1 Å². The normalized spacial score (nSPS) is 25.5. The molecule has 2 atom stereocenters. The Balaban J connectivity index is 1.22. The van der Waals surface area contributed by atoms with Gasteiger partial charge in [-0.15, -0.1) is 0 Å². The molecule has 1 saturated carbocycles. The molecular weight excluding hydrogens is 536 g/mol. The number of carboxylic acids is 1. The Morgan fingerprint density at radius 1 is 1.10 bits per heavy atom. The molecule has 6 rings (SSSR count). The fourth-order valence-electron chi connectivity index (χ4n) is 7.81. The topological polar surface area (TPSA) is 80.7 Å². The number of nitrogens with zero attached hydrogens (tertiary/aromatic N) is 1. The van der Waals surface area contributed by atoms with Crippen molar-refractivity contribution in [2.45, 2.75) is 68.7 Å². The molecule has 3 aromatic rings. The lowest BCUT2D eigenvalue weighted by Gasteiger charge is -2.47. The first-order chi connectivity index (χ1) is 19.9. The van der Waals surface area contributed by atoms with Crippen molar-refractivity contribution in [1.29, 1.82) is 0 Å². The second-order valence-electron chi connectivity index (χ2n) is 12.2. The highest BCUT2D eigenvalue weighted by Gasteiger charge is 2.54. The van der Waals surface area contributed by atoms with Gasteiger partial charge in [-0.25, -0.2) is 4.79 Å². The van der Waals surface area contributed by atoms with Gasteiger partial charge in [-0.3, -0.25) is 4.98 Å². The first kappa shape index (κ1) is 28.0. The quantitative estimate of drug-likeness (QED) is 0.275. The number of anilines is 1. The second kappa shape index (κ2) is 11.7. The van der Waals surface area contributed by atoms with E-state index in [2.05, 4.69) is 34.6 Å². The van der Waals surface area contributed by atoms with E-state index in [1.807, 2.05) is 24.4 Å². The molecule has 2 unspecified atom stereocenters. The summed E-state index contributed by atoms with van der Waals surface area (Å²) in [5.41, 5.74) is 4.90. The van der Waals surface area contributed by atoms with E-state index in [-0.39, 0.29) is 11.3 Å². The van der Waals surface area contributed by atoms with Crippen LogP contribution in [0.15, 0.2) is 60.8 Å². The van der Waals surface area contributed by atoms with E-state index in [0.29, 0.717) is 37.0 Å². The molecule has 3 aliphatic rings. The number of aryl methyl sites for hydroxylation is 1. The van der Waals surface area contributed by atoms with E-state index in [0.717, 1.165) is 56.4 Å². The number of carbonyl (C=O) groups is 1. The summed E-state index contributed by atoms with van der Waals surface area (Å²) in [6.07, 6.45) is 9.76. The van der Waals surface area contributed by atoms with Crippen molar-refractivity contribution < 1.29 is 19.4 Å². The molecule has 1 spiro atoms. The van der Waals surface area contributed by atoms with Crippen LogP contribution in [0.25, 0.3) is 0 Å². The fraction of sp³-hybridized carbons (Fsp3) is 0.471. The van der Waals surface area contributed by atoms with Gasteiger partial charge in [0.2, 0.25) is 0 Å². The average Bonchev–Trinajstić information content (AvgIpc) is 3.57. The third-order valence-electron chi connectivity index (χ3n) is 9.85. The summed E-state index contributed by atoms with van der Waals surface area (Å²) in [7, 11) is 1.76. The number of fused-ring (bicyclic) bond motifs is 3. The molecule has 3 aliphatic carbocycles. The van der Waals surface area contributed by atoms with Gasteiger partial charge in [0.05, 0.1) is 13.2 Å². The Bertz CT molecular complexity index is 1400. The number of benzene rings is 2. The van der Waals surface area contributed by atoms with E-state index in [9.17, 15) is 9.90 Å². The molecule has 2 aromatic carbocycles. The van der Waals surface area contributed by atoms with E-state index in [1.165, 1.54) is 22.4 Å². The minimum absolute atomic E-state index is 0.0601. The van der Waals surface area contributed by atoms with Crippen LogP contribution in [0.2, 0.25) is 5.02 Å². The van der Waals surface area contributed by atoms with Crippen LogP contribution in [-0.4, -0.2) is 41.9 Å². The lowest BCUT2D eigenvalue weighted by molar-refractivity contribution is -0.144.